The molecule has 0 aliphatic heterocycles. The molecule has 0 spiro atoms. The van der Waals surface area contributed by atoms with Gasteiger partial charge in [0.05, 0.1) is 18.8 Å². The minimum atomic E-state index is -0.874. The molecule has 0 radical (unpaired) electrons. The molecule has 74 heavy (non-hydrogen) atoms. The third-order valence-electron chi connectivity index (χ3n) is 13.3. The molecule has 0 aromatic heterocycles. The van der Waals surface area contributed by atoms with Gasteiger partial charge in [0.2, 0.25) is 5.91 Å². The van der Waals surface area contributed by atoms with Gasteiger partial charge < -0.3 is 15.5 Å². The van der Waals surface area contributed by atoms with Crippen LogP contribution in [0.25, 0.3) is 0 Å². The van der Waals surface area contributed by atoms with Crippen LogP contribution in [0.2, 0.25) is 0 Å². The van der Waals surface area contributed by atoms with E-state index in [4.69, 9.17) is 0 Å². The molecule has 0 bridgehead atoms. The topological polar surface area (TPSA) is 69.6 Å². The van der Waals surface area contributed by atoms with E-state index < -0.39 is 12.1 Å². The fraction of sp³-hybridized carbons (Fsp3) is 0.643. The number of unbranched alkanes of at least 4 members (excludes halogenated alkanes) is 26. The number of hydrogen-bond acceptors (Lipinski definition) is 3. The van der Waals surface area contributed by atoms with Crippen molar-refractivity contribution in [2.45, 2.75) is 283 Å². The van der Waals surface area contributed by atoms with Crippen LogP contribution in [0.5, 0.6) is 0 Å². The molecule has 0 fully saturated rings. The van der Waals surface area contributed by atoms with E-state index >= 15 is 0 Å². The Balaban J connectivity index is 3.63. The Kier molecular flexibility index (Phi) is 60.4. The molecule has 0 heterocycles. The summed E-state index contributed by atoms with van der Waals surface area (Å²) in [6, 6.07) is -0.652. The highest BCUT2D eigenvalue weighted by Gasteiger charge is 2.18. The second-order valence-electron chi connectivity index (χ2n) is 20.4. The molecule has 4 heteroatoms. The molecule has 0 aromatic carbocycles. The zero-order chi connectivity index (χ0) is 53.4. The van der Waals surface area contributed by atoms with Crippen LogP contribution < -0.4 is 5.32 Å². The Bertz CT molecular complexity index is 1530. The summed E-state index contributed by atoms with van der Waals surface area (Å²) < 4.78 is 0. The largest absolute Gasteiger partial charge is 0.394 e. The van der Waals surface area contributed by atoms with E-state index in [0.717, 1.165) is 103 Å². The number of amides is 1. The zero-order valence-electron chi connectivity index (χ0n) is 48.3. The SMILES string of the molecule is CC/C=C\C/C=C\C/C=C\C/C=C\C/C=C\C/C=C\C/C=C\C/C=C\C/C=C\C/C=C\CCCCCCCCCCCCC(=O)NC(CO)C(O)/C=C/CC/C=C/CCCCCCCCCCCCCCCCC. The second kappa shape index (κ2) is 63.6. The number of aliphatic hydroxyl groups is 2. The first kappa shape index (κ1) is 70.3. The Labute approximate surface area is 459 Å². The third kappa shape index (κ3) is 59.2. The average Bonchev–Trinajstić information content (AvgIpc) is 3.40. The Morgan fingerprint density at radius 3 is 0.946 bits per heavy atom. The van der Waals surface area contributed by atoms with E-state index in [-0.39, 0.29) is 12.5 Å². The van der Waals surface area contributed by atoms with Crippen LogP contribution >= 0.6 is 0 Å². The molecular formula is C70H117NO3. The number of aliphatic hydroxyl groups excluding tert-OH is 2. The average molecular weight is 1020 g/mol. The second-order valence-corrected chi connectivity index (χ2v) is 20.4. The van der Waals surface area contributed by atoms with Crippen molar-refractivity contribution in [1.82, 2.24) is 5.32 Å². The summed E-state index contributed by atoms with van der Waals surface area (Å²) in [5.41, 5.74) is 0. The van der Waals surface area contributed by atoms with Gasteiger partial charge >= 0.3 is 0 Å². The van der Waals surface area contributed by atoms with Gasteiger partial charge in [-0.3, -0.25) is 4.79 Å². The molecule has 1 amide bonds. The molecule has 0 rings (SSSR count). The summed E-state index contributed by atoms with van der Waals surface area (Å²) in [6.07, 6.45) is 100. The standard InChI is InChI=1S/C70H117NO3/c1-3-5-7-9-11-13-15-17-19-21-23-25-26-27-28-29-30-31-32-33-34-35-36-37-38-39-40-41-42-43-44-46-48-50-52-54-56-58-60-62-64-66-70(74)71-68(67-72)69(73)65-63-61-59-57-55-53-51-49-47-45-24-22-20-18-16-14-12-10-8-6-4-2/h5,7,11,13,17,19,23,25,27-28,30-31,33-34,36-37,39-40,42-43,55,57,63,65,68-69,72-73H,3-4,6,8-10,12,14-16,18,20-22,24,26,29,32,35,38,41,44-54,56,58-62,64,66-67H2,1-2H3,(H,71,74)/b7-5-,13-11-,19-17-,25-23-,28-27-,31-30-,34-33-,37-36-,40-39-,43-42-,57-55+,65-63+. The van der Waals surface area contributed by atoms with Crippen LogP contribution in [-0.2, 0) is 4.79 Å². The normalized spacial score (nSPS) is 13.8. The van der Waals surface area contributed by atoms with Gasteiger partial charge in [-0.1, -0.05) is 301 Å². The van der Waals surface area contributed by atoms with Crippen molar-refractivity contribution in [1.29, 1.82) is 0 Å². The first-order chi connectivity index (χ1) is 36.7. The molecule has 0 aromatic rings. The van der Waals surface area contributed by atoms with Crippen LogP contribution in [0, 0.1) is 0 Å². The molecule has 0 saturated heterocycles. The molecule has 0 aliphatic rings. The predicted octanol–water partition coefficient (Wildman–Crippen LogP) is 21.1. The molecule has 0 aliphatic carbocycles. The summed E-state index contributed by atoms with van der Waals surface area (Å²) in [5.74, 6) is -0.0826. The van der Waals surface area contributed by atoms with Crippen molar-refractivity contribution in [2.24, 2.45) is 0 Å². The summed E-state index contributed by atoms with van der Waals surface area (Å²) in [4.78, 5) is 12.5. The maximum Gasteiger partial charge on any atom is 0.220 e. The van der Waals surface area contributed by atoms with Crippen molar-refractivity contribution in [3.8, 4) is 0 Å². The monoisotopic (exact) mass is 1020 g/mol. The molecule has 2 atom stereocenters. The van der Waals surface area contributed by atoms with Gasteiger partial charge in [0.25, 0.3) is 0 Å². The number of rotatable bonds is 55. The fourth-order valence-corrected chi connectivity index (χ4v) is 8.64. The lowest BCUT2D eigenvalue weighted by atomic mass is 10.0. The number of allylic oxidation sites excluding steroid dienone is 23. The molecule has 4 nitrogen and oxygen atoms in total. The van der Waals surface area contributed by atoms with Gasteiger partial charge in [-0.2, -0.15) is 0 Å². The van der Waals surface area contributed by atoms with Gasteiger partial charge in [-0.05, 0) is 109 Å². The van der Waals surface area contributed by atoms with E-state index in [1.54, 1.807) is 6.08 Å². The Morgan fingerprint density at radius 1 is 0.338 bits per heavy atom. The molecule has 0 saturated carbocycles. The summed E-state index contributed by atoms with van der Waals surface area (Å²) in [7, 11) is 0. The van der Waals surface area contributed by atoms with Gasteiger partial charge in [0.1, 0.15) is 0 Å². The Morgan fingerprint density at radius 2 is 0.608 bits per heavy atom. The highest BCUT2D eigenvalue weighted by atomic mass is 16.3. The van der Waals surface area contributed by atoms with Crippen LogP contribution in [-0.4, -0.2) is 34.9 Å². The third-order valence-corrected chi connectivity index (χ3v) is 13.3. The summed E-state index contributed by atoms with van der Waals surface area (Å²) >= 11 is 0. The van der Waals surface area contributed by atoms with Crippen LogP contribution in [0.3, 0.4) is 0 Å². The van der Waals surface area contributed by atoms with Crippen molar-refractivity contribution in [2.75, 3.05) is 6.61 Å². The van der Waals surface area contributed by atoms with Crippen LogP contribution in [0.15, 0.2) is 146 Å². The first-order valence-corrected chi connectivity index (χ1v) is 31.0. The minimum absolute atomic E-state index is 0.0826. The highest BCUT2D eigenvalue weighted by molar-refractivity contribution is 5.76. The number of nitrogens with one attached hydrogen (secondary N) is 1. The van der Waals surface area contributed by atoms with E-state index in [2.05, 4.69) is 153 Å². The minimum Gasteiger partial charge on any atom is -0.394 e. The smallest absolute Gasteiger partial charge is 0.220 e. The van der Waals surface area contributed by atoms with Crippen molar-refractivity contribution < 1.29 is 15.0 Å². The highest BCUT2D eigenvalue weighted by Crippen LogP contribution is 2.15. The fourth-order valence-electron chi connectivity index (χ4n) is 8.64. The van der Waals surface area contributed by atoms with Crippen molar-refractivity contribution in [3.05, 3.63) is 146 Å². The lowest BCUT2D eigenvalue weighted by molar-refractivity contribution is -0.123. The van der Waals surface area contributed by atoms with Gasteiger partial charge in [0, 0.05) is 6.42 Å². The lowest BCUT2D eigenvalue weighted by Crippen LogP contribution is -2.45. The Hall–Kier alpha value is -3.73. The molecule has 420 valence electrons. The van der Waals surface area contributed by atoms with E-state index in [1.165, 1.54) is 148 Å². The maximum absolute atomic E-state index is 12.5. The summed E-state index contributed by atoms with van der Waals surface area (Å²) in [6.45, 7) is 4.19. The number of hydrogen-bond donors (Lipinski definition) is 3. The van der Waals surface area contributed by atoms with Crippen LogP contribution in [0.1, 0.15) is 271 Å². The maximum atomic E-state index is 12.5. The summed E-state index contributed by atoms with van der Waals surface area (Å²) in [5, 5.41) is 23.2. The predicted molar refractivity (Wildman–Crippen MR) is 331 cm³/mol. The van der Waals surface area contributed by atoms with E-state index in [1.807, 2.05) is 6.08 Å². The molecule has 2 unspecified atom stereocenters. The van der Waals surface area contributed by atoms with Gasteiger partial charge in [-0.25, -0.2) is 0 Å². The molecule has 3 N–H and O–H groups in total. The van der Waals surface area contributed by atoms with E-state index in [9.17, 15) is 15.0 Å². The van der Waals surface area contributed by atoms with Crippen molar-refractivity contribution >= 4 is 5.91 Å². The number of carbonyl (C=O) groups is 1. The lowest BCUT2D eigenvalue weighted by Gasteiger charge is -2.19. The first-order valence-electron chi connectivity index (χ1n) is 31.0. The number of carbonyl (C=O) groups excluding carboxylic acids is 1. The van der Waals surface area contributed by atoms with Gasteiger partial charge in [-0.15, -0.1) is 0 Å². The quantitative estimate of drug-likeness (QED) is 0.0420. The molecular weight excluding hydrogens is 903 g/mol. The van der Waals surface area contributed by atoms with Crippen LogP contribution in [0.4, 0.5) is 0 Å². The zero-order valence-corrected chi connectivity index (χ0v) is 48.3. The van der Waals surface area contributed by atoms with Crippen molar-refractivity contribution in [3.63, 3.8) is 0 Å². The van der Waals surface area contributed by atoms with Gasteiger partial charge in [0.15, 0.2) is 0 Å². The van der Waals surface area contributed by atoms with E-state index in [0.29, 0.717) is 6.42 Å².